The van der Waals surface area contributed by atoms with Crippen molar-refractivity contribution in [1.29, 1.82) is 0 Å². The van der Waals surface area contributed by atoms with Crippen molar-refractivity contribution in [3.63, 3.8) is 0 Å². The summed E-state index contributed by atoms with van der Waals surface area (Å²) in [6.45, 7) is 7.06. The van der Waals surface area contributed by atoms with E-state index >= 15 is 0 Å². The van der Waals surface area contributed by atoms with Crippen LogP contribution in [0.1, 0.15) is 47.9 Å². The first kappa shape index (κ1) is 27.4. The van der Waals surface area contributed by atoms with E-state index in [1.807, 2.05) is 11.3 Å². The summed E-state index contributed by atoms with van der Waals surface area (Å²) in [5.41, 5.74) is 13.1. The van der Waals surface area contributed by atoms with Crippen molar-refractivity contribution in [1.82, 2.24) is 0 Å². The number of hydrogen-bond donors (Lipinski definition) is 0. The number of benzene rings is 6. The first-order chi connectivity index (χ1) is 22.5. The number of rotatable bonds is 4. The van der Waals surface area contributed by atoms with Crippen molar-refractivity contribution in [3.8, 4) is 11.1 Å². The van der Waals surface area contributed by atoms with Gasteiger partial charge in [-0.25, -0.2) is 0 Å². The Morgan fingerprint density at radius 1 is 0.630 bits per heavy atom. The molecule has 0 saturated carbocycles. The molecule has 0 aliphatic heterocycles. The number of anilines is 3. The lowest BCUT2D eigenvalue weighted by Gasteiger charge is -2.28. The van der Waals surface area contributed by atoms with Crippen LogP contribution in [0.25, 0.3) is 37.6 Å². The van der Waals surface area contributed by atoms with E-state index in [9.17, 15) is 0 Å². The zero-order chi connectivity index (χ0) is 31.0. The summed E-state index contributed by atoms with van der Waals surface area (Å²) in [5.74, 6) is 0.508. The second-order valence-electron chi connectivity index (χ2n) is 13.5. The van der Waals surface area contributed by atoms with E-state index in [1.165, 1.54) is 70.4 Å². The van der Waals surface area contributed by atoms with Gasteiger partial charge >= 0.3 is 0 Å². The highest BCUT2D eigenvalue weighted by Gasteiger charge is 2.35. The van der Waals surface area contributed by atoms with Crippen LogP contribution >= 0.6 is 11.3 Å². The molecule has 6 aromatic carbocycles. The van der Waals surface area contributed by atoms with Crippen molar-refractivity contribution in [2.75, 3.05) is 4.90 Å². The molecule has 46 heavy (non-hydrogen) atoms. The van der Waals surface area contributed by atoms with Gasteiger partial charge in [-0.15, -0.1) is 11.3 Å². The van der Waals surface area contributed by atoms with E-state index < -0.39 is 0 Å². The molecule has 2 heteroatoms. The van der Waals surface area contributed by atoms with Crippen LogP contribution in [0, 0.1) is 5.92 Å². The van der Waals surface area contributed by atoms with Crippen LogP contribution in [-0.2, 0) is 11.8 Å². The lowest BCUT2D eigenvalue weighted by Crippen LogP contribution is -2.16. The molecule has 1 heterocycles. The van der Waals surface area contributed by atoms with E-state index in [0.29, 0.717) is 5.92 Å². The van der Waals surface area contributed by atoms with Crippen LogP contribution in [0.2, 0.25) is 0 Å². The van der Waals surface area contributed by atoms with E-state index in [2.05, 4.69) is 165 Å². The minimum atomic E-state index is -0.0625. The summed E-state index contributed by atoms with van der Waals surface area (Å²) < 4.78 is 1.38. The molecule has 0 spiro atoms. The molecule has 0 bridgehead atoms. The highest BCUT2D eigenvalue weighted by Crippen LogP contribution is 2.51. The van der Waals surface area contributed by atoms with Gasteiger partial charge in [0, 0.05) is 32.1 Å². The maximum absolute atomic E-state index is 2.48. The van der Waals surface area contributed by atoms with Gasteiger partial charge in [-0.05, 0) is 110 Å². The first-order valence-corrected chi connectivity index (χ1v) is 17.1. The Morgan fingerprint density at radius 2 is 1.30 bits per heavy atom. The fourth-order valence-electron chi connectivity index (χ4n) is 7.87. The third-order valence-corrected chi connectivity index (χ3v) is 11.4. The van der Waals surface area contributed by atoms with Gasteiger partial charge in [0.15, 0.2) is 0 Å². The van der Waals surface area contributed by atoms with Crippen LogP contribution in [0.3, 0.4) is 0 Å². The molecule has 2 aliphatic carbocycles. The van der Waals surface area contributed by atoms with Crippen LogP contribution in [0.5, 0.6) is 0 Å². The van der Waals surface area contributed by atoms with Crippen molar-refractivity contribution < 1.29 is 0 Å². The van der Waals surface area contributed by atoms with Gasteiger partial charge < -0.3 is 4.90 Å². The third kappa shape index (κ3) is 4.21. The minimum absolute atomic E-state index is 0.0625. The molecule has 2 aliphatic rings. The molecule has 1 atom stereocenters. The Bertz CT molecular complexity index is 2340. The fraction of sp³-hybridized carbons (Fsp3) is 0.136. The van der Waals surface area contributed by atoms with E-state index in [0.717, 1.165) is 17.8 Å². The fourth-order valence-corrected chi connectivity index (χ4v) is 9.15. The number of fused-ring (bicyclic) bond motifs is 7. The highest BCUT2D eigenvalue weighted by molar-refractivity contribution is 7.20. The first-order valence-electron chi connectivity index (χ1n) is 16.3. The third-order valence-electron chi connectivity index (χ3n) is 10.2. The minimum Gasteiger partial charge on any atom is -0.310 e. The largest absolute Gasteiger partial charge is 0.310 e. The van der Waals surface area contributed by atoms with Gasteiger partial charge in [0.1, 0.15) is 0 Å². The van der Waals surface area contributed by atoms with Crippen molar-refractivity contribution >= 4 is 54.8 Å². The van der Waals surface area contributed by atoms with Crippen molar-refractivity contribution in [3.05, 3.63) is 167 Å². The van der Waals surface area contributed by atoms with Gasteiger partial charge in [-0.3, -0.25) is 0 Å². The molecule has 1 unspecified atom stereocenters. The Kier molecular flexibility index (Phi) is 6.14. The smallest absolute Gasteiger partial charge is 0.0468 e. The maximum atomic E-state index is 2.48. The van der Waals surface area contributed by atoms with Crippen LogP contribution < -0.4 is 4.90 Å². The Hall–Kier alpha value is -4.92. The van der Waals surface area contributed by atoms with Crippen molar-refractivity contribution in [2.45, 2.75) is 32.6 Å². The number of thiophene rings is 1. The lowest BCUT2D eigenvalue weighted by molar-refractivity contribution is 0.660. The number of allylic oxidation sites excluding steroid dienone is 1. The molecule has 0 amide bonds. The van der Waals surface area contributed by atoms with Gasteiger partial charge in [-0.1, -0.05) is 118 Å². The normalized spacial score (nSPS) is 16.2. The molecule has 9 rings (SSSR count). The van der Waals surface area contributed by atoms with Gasteiger partial charge in [0.2, 0.25) is 0 Å². The zero-order valence-electron chi connectivity index (χ0n) is 26.4. The highest BCUT2D eigenvalue weighted by atomic mass is 32.1. The maximum Gasteiger partial charge on any atom is 0.0468 e. The predicted octanol–water partition coefficient (Wildman–Crippen LogP) is 12.5. The molecule has 0 saturated heterocycles. The molecule has 222 valence electrons. The van der Waals surface area contributed by atoms with E-state index in [-0.39, 0.29) is 5.41 Å². The van der Waals surface area contributed by atoms with Crippen LogP contribution in [0.15, 0.2) is 140 Å². The summed E-state index contributed by atoms with van der Waals surface area (Å²) in [4.78, 5) is 3.86. The van der Waals surface area contributed by atoms with Gasteiger partial charge in [0.25, 0.3) is 0 Å². The summed E-state index contributed by atoms with van der Waals surface area (Å²) in [7, 11) is 0. The molecule has 0 fully saturated rings. The molecular weight excluding hydrogens is 575 g/mol. The van der Waals surface area contributed by atoms with E-state index in [1.54, 1.807) is 0 Å². The summed E-state index contributed by atoms with van der Waals surface area (Å²) in [6, 6.07) is 49.6. The topological polar surface area (TPSA) is 3.24 Å². The molecule has 0 radical (unpaired) electrons. The van der Waals surface area contributed by atoms with Gasteiger partial charge in [0.05, 0.1) is 0 Å². The second kappa shape index (κ2) is 10.3. The predicted molar refractivity (Wildman–Crippen MR) is 198 cm³/mol. The quantitative estimate of drug-likeness (QED) is 0.192. The Balaban J connectivity index is 1.17. The summed E-state index contributed by atoms with van der Waals surface area (Å²) in [5, 5.41) is 3.92. The zero-order valence-corrected chi connectivity index (χ0v) is 27.2. The average molecular weight is 610 g/mol. The van der Waals surface area contributed by atoms with Gasteiger partial charge in [-0.2, -0.15) is 0 Å². The number of nitrogens with zero attached hydrogens (tertiary/aromatic N) is 1. The second-order valence-corrected chi connectivity index (χ2v) is 14.5. The molecule has 7 aromatic rings. The van der Waals surface area contributed by atoms with Crippen molar-refractivity contribution in [2.24, 2.45) is 5.92 Å². The molecule has 1 aromatic heterocycles. The van der Waals surface area contributed by atoms with E-state index in [4.69, 9.17) is 0 Å². The van der Waals surface area contributed by atoms with Crippen LogP contribution in [-0.4, -0.2) is 0 Å². The van der Waals surface area contributed by atoms with Crippen LogP contribution in [0.4, 0.5) is 17.1 Å². The molecule has 1 nitrogen and oxygen atoms in total. The Morgan fingerprint density at radius 3 is 2.17 bits per heavy atom. The summed E-state index contributed by atoms with van der Waals surface area (Å²) in [6.07, 6.45) is 3.59. The monoisotopic (exact) mass is 609 g/mol. The Labute approximate surface area is 275 Å². The summed E-state index contributed by atoms with van der Waals surface area (Å²) >= 11 is 1.94. The lowest BCUT2D eigenvalue weighted by atomic mass is 9.82. The average Bonchev–Trinajstić information content (AvgIpc) is 3.57. The number of hydrogen-bond acceptors (Lipinski definition) is 2. The SMILES string of the molecule is CC1C=C(c2ccc(N(c3ccc4c(c3)C(C)(C)c3ccccc3-4)c3ccc4ccccc4c3)cc2)c2sc3ccccc3c2C1. The molecular formula is C44H35NS. The molecule has 0 N–H and O–H groups in total. The standard InChI is InChI=1S/C44H35NS/c1-28-24-38(43-39(25-28)37-13-7-9-15-42(37)46-43)30-17-19-32(20-18-30)45(33-21-16-29-10-4-5-11-31(29)26-33)34-22-23-36-35-12-6-8-14-40(35)44(2,3)41(36)27-34/h4-24,26-28H,25H2,1-3H3.